The molecule has 2 N–H and O–H groups in total. The Hall–Kier alpha value is -0.820. The number of piperidine rings is 1. The van der Waals surface area contributed by atoms with Crippen LogP contribution in [0.3, 0.4) is 0 Å². The predicted octanol–water partition coefficient (Wildman–Crippen LogP) is 1.15. The topological polar surface area (TPSA) is 67.4 Å². The first-order valence-corrected chi connectivity index (χ1v) is 7.47. The maximum absolute atomic E-state index is 12.1. The Morgan fingerprint density at radius 1 is 1.32 bits per heavy atom. The van der Waals surface area contributed by atoms with Gasteiger partial charge in [-0.05, 0) is 43.7 Å². The maximum atomic E-state index is 12.1. The molecule has 0 amide bonds. The summed E-state index contributed by atoms with van der Waals surface area (Å²) in [4.78, 5) is 0.272. The van der Waals surface area contributed by atoms with Gasteiger partial charge in [0, 0.05) is 12.6 Å². The summed E-state index contributed by atoms with van der Waals surface area (Å²) in [7, 11) is -1.88. The van der Waals surface area contributed by atoms with Crippen molar-refractivity contribution in [3.8, 4) is 5.75 Å². The van der Waals surface area contributed by atoms with Crippen LogP contribution in [0.4, 0.5) is 0 Å². The van der Waals surface area contributed by atoms with Gasteiger partial charge < -0.3 is 10.1 Å². The van der Waals surface area contributed by atoms with E-state index < -0.39 is 10.0 Å². The van der Waals surface area contributed by atoms with Crippen LogP contribution in [0.15, 0.2) is 29.2 Å². The molecule has 0 aliphatic carbocycles. The largest absolute Gasteiger partial charge is 0.497 e. The van der Waals surface area contributed by atoms with Crippen molar-refractivity contribution >= 4 is 22.4 Å². The van der Waals surface area contributed by atoms with Crippen molar-refractivity contribution < 1.29 is 13.2 Å². The highest BCUT2D eigenvalue weighted by Gasteiger charge is 2.21. The predicted molar refractivity (Wildman–Crippen MR) is 76.5 cm³/mol. The summed E-state index contributed by atoms with van der Waals surface area (Å²) in [5.74, 6) is 0.647. The zero-order chi connectivity index (χ0) is 13.0. The van der Waals surface area contributed by atoms with E-state index in [-0.39, 0.29) is 23.3 Å². The molecule has 2 rings (SSSR count). The number of benzene rings is 1. The Kier molecular flexibility index (Phi) is 6.06. The van der Waals surface area contributed by atoms with Gasteiger partial charge in [0.15, 0.2) is 0 Å². The van der Waals surface area contributed by atoms with Crippen LogP contribution in [0.1, 0.15) is 12.8 Å². The first kappa shape index (κ1) is 16.2. The molecule has 7 heteroatoms. The molecule has 1 heterocycles. The molecule has 1 aliphatic rings. The van der Waals surface area contributed by atoms with Crippen molar-refractivity contribution in [2.24, 2.45) is 0 Å². The van der Waals surface area contributed by atoms with Crippen LogP contribution < -0.4 is 14.8 Å². The third-order valence-electron chi connectivity index (χ3n) is 2.99. The summed E-state index contributed by atoms with van der Waals surface area (Å²) < 4.78 is 32.0. The molecule has 0 unspecified atom stereocenters. The van der Waals surface area contributed by atoms with Crippen molar-refractivity contribution in [1.29, 1.82) is 0 Å². The van der Waals surface area contributed by atoms with E-state index in [2.05, 4.69) is 10.0 Å². The van der Waals surface area contributed by atoms with E-state index in [4.69, 9.17) is 4.74 Å². The average molecular weight is 307 g/mol. The molecule has 108 valence electrons. The Balaban J connectivity index is 0.00000180. The SMILES string of the molecule is COc1ccc(S(=O)(=O)N[C@@H]2CCCNC2)cc1.Cl. The Bertz CT molecular complexity index is 484. The summed E-state index contributed by atoms with van der Waals surface area (Å²) in [6, 6.07) is 6.38. The number of halogens is 1. The average Bonchev–Trinajstić information content (AvgIpc) is 2.39. The van der Waals surface area contributed by atoms with E-state index in [9.17, 15) is 8.42 Å². The lowest BCUT2D eigenvalue weighted by Gasteiger charge is -2.23. The minimum absolute atomic E-state index is 0. The molecule has 0 radical (unpaired) electrons. The van der Waals surface area contributed by atoms with E-state index in [1.807, 2.05) is 0 Å². The van der Waals surface area contributed by atoms with Crippen LogP contribution in [0.5, 0.6) is 5.75 Å². The number of nitrogens with one attached hydrogen (secondary N) is 2. The summed E-state index contributed by atoms with van der Waals surface area (Å²) in [5.41, 5.74) is 0. The molecule has 0 aromatic heterocycles. The number of ether oxygens (including phenoxy) is 1. The van der Waals surface area contributed by atoms with Gasteiger partial charge in [0.1, 0.15) is 5.75 Å². The summed E-state index contributed by atoms with van der Waals surface area (Å²) >= 11 is 0. The van der Waals surface area contributed by atoms with Gasteiger partial charge >= 0.3 is 0 Å². The van der Waals surface area contributed by atoms with Crippen molar-refractivity contribution in [2.45, 2.75) is 23.8 Å². The monoisotopic (exact) mass is 306 g/mol. The van der Waals surface area contributed by atoms with Crippen LogP contribution in [-0.4, -0.2) is 34.7 Å². The molecule has 0 bridgehead atoms. The lowest BCUT2D eigenvalue weighted by molar-refractivity contribution is 0.414. The molecule has 19 heavy (non-hydrogen) atoms. The summed E-state index contributed by atoms with van der Waals surface area (Å²) in [5, 5.41) is 3.18. The lowest BCUT2D eigenvalue weighted by Crippen LogP contribution is -2.45. The van der Waals surface area contributed by atoms with Gasteiger partial charge in [-0.15, -0.1) is 12.4 Å². The number of methoxy groups -OCH3 is 1. The van der Waals surface area contributed by atoms with E-state index in [0.717, 1.165) is 19.4 Å². The Labute approximate surface area is 120 Å². The van der Waals surface area contributed by atoms with Gasteiger partial charge in [0.2, 0.25) is 10.0 Å². The molecule has 0 saturated carbocycles. The molecule has 1 aromatic carbocycles. The van der Waals surface area contributed by atoms with Gasteiger partial charge in [0.05, 0.1) is 12.0 Å². The van der Waals surface area contributed by atoms with Crippen molar-refractivity contribution in [2.75, 3.05) is 20.2 Å². The van der Waals surface area contributed by atoms with Crippen molar-refractivity contribution in [1.82, 2.24) is 10.0 Å². The van der Waals surface area contributed by atoms with Gasteiger partial charge in [-0.25, -0.2) is 13.1 Å². The molecular formula is C12H19ClN2O3S. The van der Waals surface area contributed by atoms with E-state index >= 15 is 0 Å². The van der Waals surface area contributed by atoms with Gasteiger partial charge in [0.25, 0.3) is 0 Å². The molecule has 1 aliphatic heterocycles. The summed E-state index contributed by atoms with van der Waals surface area (Å²) in [6.07, 6.45) is 1.87. The number of hydrogen-bond acceptors (Lipinski definition) is 4. The highest BCUT2D eigenvalue weighted by Crippen LogP contribution is 2.16. The highest BCUT2D eigenvalue weighted by molar-refractivity contribution is 7.89. The van der Waals surface area contributed by atoms with E-state index in [1.165, 1.54) is 0 Å². The molecule has 5 nitrogen and oxygen atoms in total. The minimum Gasteiger partial charge on any atom is -0.497 e. The van der Waals surface area contributed by atoms with E-state index in [0.29, 0.717) is 12.3 Å². The molecule has 1 fully saturated rings. The third kappa shape index (κ3) is 4.35. The number of sulfonamides is 1. The van der Waals surface area contributed by atoms with Crippen LogP contribution in [-0.2, 0) is 10.0 Å². The van der Waals surface area contributed by atoms with Crippen LogP contribution in [0.25, 0.3) is 0 Å². The second-order valence-corrected chi connectivity index (χ2v) is 6.05. The lowest BCUT2D eigenvalue weighted by atomic mass is 10.1. The molecule has 1 aromatic rings. The van der Waals surface area contributed by atoms with Crippen molar-refractivity contribution in [3.05, 3.63) is 24.3 Å². The Morgan fingerprint density at radius 2 is 2.00 bits per heavy atom. The van der Waals surface area contributed by atoms with Crippen LogP contribution in [0.2, 0.25) is 0 Å². The third-order valence-corrected chi connectivity index (χ3v) is 4.52. The second kappa shape index (κ2) is 7.09. The van der Waals surface area contributed by atoms with E-state index in [1.54, 1.807) is 31.4 Å². The van der Waals surface area contributed by atoms with Crippen LogP contribution in [0, 0.1) is 0 Å². The fourth-order valence-electron chi connectivity index (χ4n) is 1.99. The molecule has 1 saturated heterocycles. The standard InChI is InChI=1S/C12H18N2O3S.ClH/c1-17-11-4-6-12(7-5-11)18(15,16)14-10-3-2-8-13-9-10;/h4-7,10,13-14H,2-3,8-9H2,1H3;1H/t10-;/m1./s1. The first-order valence-electron chi connectivity index (χ1n) is 5.99. The highest BCUT2D eigenvalue weighted by atomic mass is 35.5. The molecule has 0 spiro atoms. The quantitative estimate of drug-likeness (QED) is 0.875. The van der Waals surface area contributed by atoms with Gasteiger partial charge in [-0.2, -0.15) is 0 Å². The Morgan fingerprint density at radius 3 is 2.53 bits per heavy atom. The zero-order valence-electron chi connectivity index (χ0n) is 10.8. The molecule has 1 atom stereocenters. The van der Waals surface area contributed by atoms with Crippen molar-refractivity contribution in [3.63, 3.8) is 0 Å². The number of rotatable bonds is 4. The van der Waals surface area contributed by atoms with Crippen LogP contribution >= 0.6 is 12.4 Å². The number of hydrogen-bond donors (Lipinski definition) is 2. The molecular weight excluding hydrogens is 288 g/mol. The van der Waals surface area contributed by atoms with Gasteiger partial charge in [-0.3, -0.25) is 0 Å². The fourth-order valence-corrected chi connectivity index (χ4v) is 3.27. The first-order chi connectivity index (χ1) is 8.62. The normalized spacial score (nSPS) is 19.5. The fraction of sp³-hybridized carbons (Fsp3) is 0.500. The zero-order valence-corrected chi connectivity index (χ0v) is 12.4. The smallest absolute Gasteiger partial charge is 0.240 e. The maximum Gasteiger partial charge on any atom is 0.240 e. The summed E-state index contributed by atoms with van der Waals surface area (Å²) in [6.45, 7) is 1.65. The minimum atomic E-state index is -3.43. The second-order valence-electron chi connectivity index (χ2n) is 4.34. The van der Waals surface area contributed by atoms with Gasteiger partial charge in [-0.1, -0.05) is 0 Å².